The van der Waals surface area contributed by atoms with Crippen molar-refractivity contribution in [1.29, 1.82) is 0 Å². The second kappa shape index (κ2) is 10.6. The van der Waals surface area contributed by atoms with Crippen LogP contribution in [0.4, 0.5) is 0 Å². The van der Waals surface area contributed by atoms with Crippen molar-refractivity contribution in [3.05, 3.63) is 131 Å². The van der Waals surface area contributed by atoms with Crippen molar-refractivity contribution in [2.45, 2.75) is 13.8 Å². The minimum absolute atomic E-state index is 0.124. The summed E-state index contributed by atoms with van der Waals surface area (Å²) in [6.45, 7) is 3.87. The van der Waals surface area contributed by atoms with Gasteiger partial charge in [0.05, 0.1) is 23.3 Å². The molecule has 1 aromatic heterocycles. The van der Waals surface area contributed by atoms with E-state index >= 15 is 0 Å². The molecule has 0 aliphatic rings. The van der Waals surface area contributed by atoms with Crippen LogP contribution < -0.4 is 4.74 Å². The van der Waals surface area contributed by atoms with E-state index in [1.54, 1.807) is 67.6 Å². The molecule has 0 radical (unpaired) electrons. The van der Waals surface area contributed by atoms with E-state index in [0.717, 1.165) is 16.9 Å². The molecule has 5 rings (SSSR count). The molecule has 6 nitrogen and oxygen atoms in total. The summed E-state index contributed by atoms with van der Waals surface area (Å²) in [4.78, 5) is 38.5. The number of rotatable bonds is 7. The van der Waals surface area contributed by atoms with Gasteiger partial charge in [-0.05, 0) is 56.3 Å². The zero-order valence-electron chi connectivity index (χ0n) is 21.0. The highest BCUT2D eigenvalue weighted by atomic mass is 16.5. The fraction of sp³-hybridized carbons (Fsp3) is 0.0938. The van der Waals surface area contributed by atoms with Crippen molar-refractivity contribution in [1.82, 2.24) is 4.57 Å². The molecule has 0 aliphatic heterocycles. The van der Waals surface area contributed by atoms with E-state index in [1.165, 1.54) is 0 Å². The first-order valence-electron chi connectivity index (χ1n) is 12.3. The minimum atomic E-state index is -0.569. The normalized spacial score (nSPS) is 10.8. The lowest BCUT2D eigenvalue weighted by Crippen LogP contribution is -2.09. The fourth-order valence-corrected chi connectivity index (χ4v) is 4.51. The quantitative estimate of drug-likeness (QED) is 0.143. The van der Waals surface area contributed by atoms with Crippen molar-refractivity contribution >= 4 is 28.6 Å². The summed E-state index contributed by atoms with van der Waals surface area (Å²) in [5.74, 6) is -0.838. The zero-order valence-corrected chi connectivity index (χ0v) is 21.0. The molecular formula is C32H25NO5. The Hall–Kier alpha value is -4.97. The van der Waals surface area contributed by atoms with Gasteiger partial charge in [-0.15, -0.1) is 0 Å². The number of hydrogen-bond acceptors (Lipinski definition) is 5. The Kier molecular flexibility index (Phi) is 6.87. The van der Waals surface area contributed by atoms with Crippen molar-refractivity contribution in [2.75, 3.05) is 6.61 Å². The Morgan fingerprint density at radius 1 is 0.711 bits per heavy atom. The van der Waals surface area contributed by atoms with Crippen molar-refractivity contribution in [2.24, 2.45) is 0 Å². The monoisotopic (exact) mass is 503 g/mol. The first kappa shape index (κ1) is 24.7. The number of esters is 2. The maximum atomic E-state index is 12.9. The Labute approximate surface area is 220 Å². The van der Waals surface area contributed by atoms with Crippen LogP contribution in [0.3, 0.4) is 0 Å². The topological polar surface area (TPSA) is 74.6 Å². The van der Waals surface area contributed by atoms with E-state index in [1.807, 2.05) is 54.0 Å². The molecule has 6 heteroatoms. The van der Waals surface area contributed by atoms with E-state index in [0.29, 0.717) is 33.4 Å². The molecule has 188 valence electrons. The number of ether oxygens (including phenoxy) is 2. The number of carbonyl (C=O) groups excluding carboxylic acids is 3. The summed E-state index contributed by atoms with van der Waals surface area (Å²) in [6.07, 6.45) is 0. The molecule has 0 fully saturated rings. The van der Waals surface area contributed by atoms with Gasteiger partial charge in [-0.3, -0.25) is 4.79 Å². The molecule has 4 aromatic carbocycles. The van der Waals surface area contributed by atoms with E-state index in [-0.39, 0.29) is 12.4 Å². The van der Waals surface area contributed by atoms with E-state index in [9.17, 15) is 14.4 Å². The molecule has 0 amide bonds. The van der Waals surface area contributed by atoms with Crippen LogP contribution in [0.1, 0.15) is 49.3 Å². The van der Waals surface area contributed by atoms with E-state index in [2.05, 4.69) is 0 Å². The molecule has 5 aromatic rings. The predicted molar refractivity (Wildman–Crippen MR) is 145 cm³/mol. The van der Waals surface area contributed by atoms with Crippen LogP contribution in [0.5, 0.6) is 5.75 Å². The summed E-state index contributed by atoms with van der Waals surface area (Å²) in [5.41, 5.74) is 4.20. The summed E-state index contributed by atoms with van der Waals surface area (Å²) in [7, 11) is 0. The van der Waals surface area contributed by atoms with Gasteiger partial charge in [0.2, 0.25) is 0 Å². The Bertz CT molecular complexity index is 1630. The van der Waals surface area contributed by atoms with Crippen LogP contribution in [0.15, 0.2) is 103 Å². The van der Waals surface area contributed by atoms with Gasteiger partial charge in [0.15, 0.2) is 5.78 Å². The van der Waals surface area contributed by atoms with Gasteiger partial charge in [0, 0.05) is 27.9 Å². The van der Waals surface area contributed by atoms with Gasteiger partial charge in [0.1, 0.15) is 5.75 Å². The van der Waals surface area contributed by atoms with Gasteiger partial charge < -0.3 is 14.0 Å². The van der Waals surface area contributed by atoms with Crippen LogP contribution in [0.2, 0.25) is 0 Å². The molecule has 0 atom stereocenters. The minimum Gasteiger partial charge on any atom is -0.462 e. The standard InChI is InChI=1S/C32H25NO5/c1-3-37-32(36)29-21(2)33(25-12-8-5-9-13-25)28-19-18-26(20-27(28)29)38-31(35)24-16-14-23(15-17-24)30(34)22-10-6-4-7-11-22/h4-20H,3H2,1-2H3. The first-order chi connectivity index (χ1) is 18.5. The molecule has 0 unspecified atom stereocenters. The van der Waals surface area contributed by atoms with E-state index < -0.39 is 11.9 Å². The number of carbonyl (C=O) groups is 3. The highest BCUT2D eigenvalue weighted by Gasteiger charge is 2.23. The van der Waals surface area contributed by atoms with Crippen LogP contribution in [-0.2, 0) is 4.74 Å². The lowest BCUT2D eigenvalue weighted by molar-refractivity contribution is 0.0527. The zero-order chi connectivity index (χ0) is 26.6. The summed E-state index contributed by atoms with van der Waals surface area (Å²) in [5, 5.41) is 0.624. The van der Waals surface area contributed by atoms with Crippen molar-refractivity contribution < 1.29 is 23.9 Å². The second-order valence-corrected chi connectivity index (χ2v) is 8.69. The Morgan fingerprint density at radius 2 is 1.32 bits per heavy atom. The highest BCUT2D eigenvalue weighted by molar-refractivity contribution is 6.09. The van der Waals surface area contributed by atoms with Crippen LogP contribution >= 0.6 is 0 Å². The molecule has 0 bridgehead atoms. The fourth-order valence-electron chi connectivity index (χ4n) is 4.51. The third-order valence-corrected chi connectivity index (χ3v) is 6.30. The smallest absolute Gasteiger partial charge is 0.343 e. The summed E-state index contributed by atoms with van der Waals surface area (Å²) >= 11 is 0. The Morgan fingerprint density at radius 3 is 1.97 bits per heavy atom. The molecular weight excluding hydrogens is 478 g/mol. The van der Waals surface area contributed by atoms with Gasteiger partial charge in [0.25, 0.3) is 0 Å². The molecule has 38 heavy (non-hydrogen) atoms. The largest absolute Gasteiger partial charge is 0.462 e. The SMILES string of the molecule is CCOC(=O)c1c(C)n(-c2ccccc2)c2ccc(OC(=O)c3ccc(C(=O)c4ccccc4)cc3)cc12. The average Bonchev–Trinajstić information content (AvgIpc) is 3.24. The summed E-state index contributed by atoms with van der Waals surface area (Å²) < 4.78 is 13.0. The van der Waals surface area contributed by atoms with Crippen LogP contribution in [0, 0.1) is 6.92 Å². The maximum absolute atomic E-state index is 12.9. The lowest BCUT2D eigenvalue weighted by atomic mass is 10.0. The number of hydrogen-bond donors (Lipinski definition) is 0. The average molecular weight is 504 g/mol. The van der Waals surface area contributed by atoms with Gasteiger partial charge in [-0.2, -0.15) is 0 Å². The van der Waals surface area contributed by atoms with Gasteiger partial charge in [-0.25, -0.2) is 9.59 Å². The third kappa shape index (κ3) is 4.72. The Balaban J connectivity index is 1.45. The van der Waals surface area contributed by atoms with Crippen molar-refractivity contribution in [3.8, 4) is 11.4 Å². The summed E-state index contributed by atoms with van der Waals surface area (Å²) in [6, 6.07) is 30.2. The lowest BCUT2D eigenvalue weighted by Gasteiger charge is -2.09. The molecule has 0 aliphatic carbocycles. The maximum Gasteiger partial charge on any atom is 0.343 e. The molecule has 0 N–H and O–H groups in total. The van der Waals surface area contributed by atoms with Crippen molar-refractivity contribution in [3.63, 3.8) is 0 Å². The molecule has 0 saturated carbocycles. The number of para-hydroxylation sites is 1. The van der Waals surface area contributed by atoms with Crippen LogP contribution in [-0.4, -0.2) is 28.9 Å². The molecule has 0 saturated heterocycles. The second-order valence-electron chi connectivity index (χ2n) is 8.69. The van der Waals surface area contributed by atoms with Crippen LogP contribution in [0.25, 0.3) is 16.6 Å². The predicted octanol–water partition coefficient (Wildman–Crippen LogP) is 6.57. The molecule has 0 spiro atoms. The number of benzene rings is 4. The third-order valence-electron chi connectivity index (χ3n) is 6.30. The van der Waals surface area contributed by atoms with Gasteiger partial charge in [-0.1, -0.05) is 60.7 Å². The molecule has 1 heterocycles. The number of ketones is 1. The highest BCUT2D eigenvalue weighted by Crippen LogP contribution is 2.33. The number of fused-ring (bicyclic) bond motifs is 1. The number of aromatic nitrogens is 1. The van der Waals surface area contributed by atoms with E-state index in [4.69, 9.17) is 9.47 Å². The van der Waals surface area contributed by atoms with Gasteiger partial charge >= 0.3 is 11.9 Å². The first-order valence-corrected chi connectivity index (χ1v) is 12.3. The number of nitrogens with zero attached hydrogens (tertiary/aromatic N) is 1.